The van der Waals surface area contributed by atoms with E-state index in [1.165, 1.54) is 0 Å². The highest BCUT2D eigenvalue weighted by Crippen LogP contribution is 2.62. The second-order valence-electron chi connectivity index (χ2n) is 18.0. The fourth-order valence-corrected chi connectivity index (χ4v) is 6.15. The first-order chi connectivity index (χ1) is 21.1. The Labute approximate surface area is 295 Å². The largest absolute Gasteiger partial charge is 0.463 e. The van der Waals surface area contributed by atoms with E-state index in [2.05, 4.69) is 102 Å². The molecule has 0 rings (SSSR count). The summed E-state index contributed by atoms with van der Waals surface area (Å²) in [5.41, 5.74) is -3.37. The van der Waals surface area contributed by atoms with Crippen molar-refractivity contribution < 1.29 is 23.8 Å². The molecule has 0 aromatic rings. The molecule has 4 atom stereocenters. The zero-order chi connectivity index (χ0) is 37.3. The molecule has 0 heterocycles. The number of esters is 1. The van der Waals surface area contributed by atoms with Gasteiger partial charge in [-0.05, 0) is 68.5 Å². The van der Waals surface area contributed by atoms with Crippen LogP contribution in [0.15, 0.2) is 12.7 Å². The van der Waals surface area contributed by atoms with Gasteiger partial charge in [0.25, 0.3) is 0 Å². The first-order valence-electron chi connectivity index (χ1n) is 17.3. The number of ether oxygens (including phenoxy) is 3. The van der Waals surface area contributed by atoms with Gasteiger partial charge in [0.1, 0.15) is 14.5 Å². The zero-order valence-corrected chi connectivity index (χ0v) is 34.1. The molecule has 0 aromatic heterocycles. The second-order valence-corrected chi connectivity index (χ2v) is 18.3. The summed E-state index contributed by atoms with van der Waals surface area (Å²) in [6, 6.07) is 0. The molecule has 274 valence electrons. The summed E-state index contributed by atoms with van der Waals surface area (Å²) in [7, 11) is 3.70. The molecule has 0 spiro atoms. The maximum absolute atomic E-state index is 14.4. The molecule has 0 aromatic carbocycles. The monoisotopic (exact) mass is 682 g/mol. The number of carbonyl (C=O) groups is 2. The number of nitrogens with one attached hydrogen (secondary N) is 2. The highest BCUT2D eigenvalue weighted by atomic mass is 32.1. The van der Waals surface area contributed by atoms with Crippen LogP contribution in [0.3, 0.4) is 0 Å². The normalized spacial score (nSPS) is 17.4. The maximum Gasteiger partial charge on any atom is 0.410 e. The van der Waals surface area contributed by atoms with Crippen molar-refractivity contribution in [1.82, 2.24) is 10.2 Å². The van der Waals surface area contributed by atoms with E-state index in [0.717, 1.165) is 12.8 Å². The Hall–Kier alpha value is -1.68. The van der Waals surface area contributed by atoms with Crippen LogP contribution in [0.4, 0.5) is 4.79 Å². The van der Waals surface area contributed by atoms with Crippen molar-refractivity contribution in [1.29, 1.82) is 5.41 Å². The Balaban J connectivity index is 7.23. The molecule has 0 aliphatic rings. The molecule has 2 N–H and O–H groups in total. The van der Waals surface area contributed by atoms with Gasteiger partial charge in [-0.1, -0.05) is 81.7 Å². The van der Waals surface area contributed by atoms with Crippen LogP contribution in [0.25, 0.3) is 0 Å². The zero-order valence-electron chi connectivity index (χ0n) is 33.2. The van der Waals surface area contributed by atoms with Crippen LogP contribution in [-0.4, -0.2) is 81.0 Å². The third-order valence-electron chi connectivity index (χ3n) is 10.4. The topological polar surface area (TPSA) is 101 Å². The van der Waals surface area contributed by atoms with Gasteiger partial charge in [0.05, 0.1) is 30.0 Å². The number of nitrogens with zero attached hydrogens (tertiary/aromatic N) is 1. The van der Waals surface area contributed by atoms with E-state index in [9.17, 15) is 15.0 Å². The van der Waals surface area contributed by atoms with Gasteiger partial charge in [0.2, 0.25) is 0 Å². The van der Waals surface area contributed by atoms with Crippen molar-refractivity contribution in [3.8, 4) is 0 Å². The number of unbranched alkanes of at least 4 members (excludes halogenated alkanes) is 1. The lowest BCUT2D eigenvalue weighted by molar-refractivity contribution is -0.164. The molecule has 0 aliphatic carbocycles. The molecule has 47 heavy (non-hydrogen) atoms. The van der Waals surface area contributed by atoms with Crippen LogP contribution in [-0.2, 0) is 19.0 Å². The lowest BCUT2D eigenvalue weighted by Gasteiger charge is -2.57. The highest BCUT2D eigenvalue weighted by Gasteiger charge is 2.59. The van der Waals surface area contributed by atoms with E-state index >= 15 is 0 Å². The number of amides is 1. The minimum atomic E-state index is -1.10. The number of methoxy groups -OCH3 is 1. The van der Waals surface area contributed by atoms with Crippen LogP contribution in [0.5, 0.6) is 0 Å². The molecular formula is C37H72BN3O5S. The smallest absolute Gasteiger partial charge is 0.410 e. The Morgan fingerprint density at radius 3 is 1.94 bits per heavy atom. The van der Waals surface area contributed by atoms with E-state index in [4.69, 9.17) is 14.2 Å². The van der Waals surface area contributed by atoms with Crippen molar-refractivity contribution in [3.63, 3.8) is 0 Å². The molecule has 0 radical (unpaired) electrons. The van der Waals surface area contributed by atoms with E-state index in [1.54, 1.807) is 18.1 Å². The Kier molecular flexibility index (Phi) is 16.7. The van der Waals surface area contributed by atoms with Crippen LogP contribution < -0.4 is 5.32 Å². The van der Waals surface area contributed by atoms with Crippen molar-refractivity contribution >= 4 is 38.4 Å². The van der Waals surface area contributed by atoms with Crippen LogP contribution in [0.1, 0.15) is 123 Å². The summed E-state index contributed by atoms with van der Waals surface area (Å²) < 4.78 is 16.9. The summed E-state index contributed by atoms with van der Waals surface area (Å²) in [6.07, 6.45) is 3.94. The number of rotatable bonds is 19. The number of hydrogen-bond acceptors (Lipinski definition) is 7. The fraction of sp³-hybridized carbons (Fsp3) is 0.865. The predicted molar refractivity (Wildman–Crippen MR) is 204 cm³/mol. The van der Waals surface area contributed by atoms with Crippen molar-refractivity contribution in [3.05, 3.63) is 12.7 Å². The minimum absolute atomic E-state index is 0.120. The highest BCUT2D eigenvalue weighted by molar-refractivity contribution is 7.80. The lowest BCUT2D eigenvalue weighted by Crippen LogP contribution is -2.59. The van der Waals surface area contributed by atoms with Gasteiger partial charge in [-0.3, -0.25) is 15.1 Å². The first-order valence-corrected chi connectivity index (χ1v) is 18.0. The lowest BCUT2D eigenvalue weighted by atomic mass is 9.40. The van der Waals surface area contributed by atoms with Crippen LogP contribution in [0.2, 0.25) is 5.31 Å². The van der Waals surface area contributed by atoms with Gasteiger partial charge in [-0.15, -0.1) is 6.58 Å². The molecule has 0 bridgehead atoms. The number of amidine groups is 1. The standard InChI is InChI=1S/C37H72BN3O5S/c1-17-19-20-46-30(43)41(25-31(3,4)5)35(13,18-2)24-36(14,29(42)45-22-21-44-16)37(15,38)33(9,10)23-27(32(6,7)8)28(39)40-34(11,12)26-47/h18,27,47H,2,17,19-26,38H2,1,3-16H3,(H2,39,40). The van der Waals surface area contributed by atoms with Gasteiger partial charge in [0, 0.05) is 30.9 Å². The fourth-order valence-electron chi connectivity index (χ4n) is 6.07. The average Bonchev–Trinajstić information content (AvgIpc) is 2.93. The van der Waals surface area contributed by atoms with Crippen molar-refractivity contribution in [2.75, 3.05) is 39.2 Å². The third kappa shape index (κ3) is 12.6. The van der Waals surface area contributed by atoms with E-state index < -0.39 is 27.8 Å². The predicted octanol–water partition coefficient (Wildman–Crippen LogP) is 7.97. The van der Waals surface area contributed by atoms with Crippen LogP contribution >= 0.6 is 12.6 Å². The molecule has 1 amide bonds. The molecule has 8 nitrogen and oxygen atoms in total. The minimum Gasteiger partial charge on any atom is -0.463 e. The van der Waals surface area contributed by atoms with Crippen molar-refractivity contribution in [2.24, 2.45) is 27.6 Å². The Morgan fingerprint density at radius 1 is 0.957 bits per heavy atom. The Bertz CT molecular complexity index is 1050. The maximum atomic E-state index is 14.4. The first kappa shape index (κ1) is 45.3. The van der Waals surface area contributed by atoms with E-state index in [0.29, 0.717) is 31.2 Å². The summed E-state index contributed by atoms with van der Waals surface area (Å²) in [5, 5.41) is 11.9. The number of thiol groups is 1. The third-order valence-corrected chi connectivity index (χ3v) is 11.2. The molecule has 4 unspecified atom stereocenters. The average molecular weight is 682 g/mol. The van der Waals surface area contributed by atoms with Gasteiger partial charge in [-0.2, -0.15) is 12.6 Å². The molecule has 0 saturated carbocycles. The molecular weight excluding hydrogens is 609 g/mol. The van der Waals surface area contributed by atoms with Gasteiger partial charge >= 0.3 is 12.1 Å². The molecule has 0 saturated heterocycles. The molecule has 0 aliphatic heterocycles. The quantitative estimate of drug-likeness (QED) is 0.0243. The van der Waals surface area contributed by atoms with Gasteiger partial charge in [0.15, 0.2) is 0 Å². The van der Waals surface area contributed by atoms with Crippen LogP contribution in [0, 0.1) is 33.0 Å². The number of hydrogen-bond donors (Lipinski definition) is 3. The van der Waals surface area contributed by atoms with Gasteiger partial charge in [-0.25, -0.2) is 4.79 Å². The van der Waals surface area contributed by atoms with Crippen molar-refractivity contribution in [2.45, 2.75) is 139 Å². The van der Waals surface area contributed by atoms with E-state index in [1.807, 2.05) is 27.7 Å². The second kappa shape index (κ2) is 17.3. The number of carbonyl (C=O) groups excluding carboxylic acids is 2. The van der Waals surface area contributed by atoms with Gasteiger partial charge < -0.3 is 19.5 Å². The summed E-state index contributed by atoms with van der Waals surface area (Å²) in [4.78, 5) is 30.0. The summed E-state index contributed by atoms with van der Waals surface area (Å²) >= 11 is 4.51. The molecule has 10 heteroatoms. The Morgan fingerprint density at radius 2 is 1.51 bits per heavy atom. The summed E-state index contributed by atoms with van der Waals surface area (Å²) in [5.74, 6) is 0.555. The SMILES string of the molecule is BC(C)(C(C)(C)CC(C(=N)NC(C)(C)CS)C(C)(C)C)C(C)(CC(C)(C=C)N(CC(C)(C)C)C(=O)OCCCC)C(=O)OCCOC. The van der Waals surface area contributed by atoms with E-state index in [-0.39, 0.29) is 47.9 Å². The summed E-state index contributed by atoms with van der Waals surface area (Å²) in [6.45, 7) is 34.6. The molecule has 0 fully saturated rings.